The first-order valence-electron chi connectivity index (χ1n) is 5.09. The maximum atomic E-state index is 11.3. The van der Waals surface area contributed by atoms with Gasteiger partial charge in [-0.05, 0) is 39.2 Å². The van der Waals surface area contributed by atoms with Crippen LogP contribution in [0.3, 0.4) is 0 Å². The van der Waals surface area contributed by atoms with Gasteiger partial charge in [-0.15, -0.1) is 0 Å². The van der Waals surface area contributed by atoms with Crippen LogP contribution in [0.4, 0.5) is 0 Å². The van der Waals surface area contributed by atoms with Crippen LogP contribution in [0, 0.1) is 5.92 Å². The molecule has 1 fully saturated rings. The van der Waals surface area contributed by atoms with E-state index < -0.39 is 0 Å². The van der Waals surface area contributed by atoms with Crippen molar-refractivity contribution in [1.29, 1.82) is 0 Å². The quantitative estimate of drug-likeness (QED) is 0.570. The van der Waals surface area contributed by atoms with Gasteiger partial charge in [0.2, 0.25) is 0 Å². The Hall–Kier alpha value is -0.630. The zero-order chi connectivity index (χ0) is 9.42. The minimum absolute atomic E-state index is 0.178. The van der Waals surface area contributed by atoms with Gasteiger partial charge in [0.25, 0.3) is 0 Å². The Morgan fingerprint density at radius 3 is 2.92 bits per heavy atom. The smallest absolute Gasteiger partial charge is 0.146 e. The summed E-state index contributed by atoms with van der Waals surface area (Å²) in [5.41, 5.74) is 0. The van der Waals surface area contributed by atoms with Gasteiger partial charge in [-0.3, -0.25) is 9.69 Å². The number of likely N-dealkylation sites (tertiary alicyclic amines) is 1. The molecule has 72 valence electrons. The molecule has 0 amide bonds. The average molecular weight is 179 g/mol. The lowest BCUT2D eigenvalue weighted by Gasteiger charge is -2.26. The summed E-state index contributed by atoms with van der Waals surface area (Å²) < 4.78 is 0. The number of allylic oxidation sites excluding steroid dienone is 1. The number of likely N-dealkylation sites (N-methyl/N-ethyl adjacent to an activating group) is 1. The van der Waals surface area contributed by atoms with Gasteiger partial charge >= 0.3 is 0 Å². The third-order valence-electron chi connectivity index (χ3n) is 3.48. The molecule has 2 heteroatoms. The molecule has 0 saturated carbocycles. The number of fused-ring (bicyclic) bond motifs is 1. The molecule has 0 radical (unpaired) electrons. The lowest BCUT2D eigenvalue weighted by atomic mass is 9.89. The summed E-state index contributed by atoms with van der Waals surface area (Å²) in [5.74, 6) is 1.05. The van der Waals surface area contributed by atoms with E-state index in [4.69, 9.17) is 0 Å². The van der Waals surface area contributed by atoms with E-state index in [0.29, 0.717) is 11.8 Å². The first-order chi connectivity index (χ1) is 6.20. The summed E-state index contributed by atoms with van der Waals surface area (Å²) in [7, 11) is 2.08. The van der Waals surface area contributed by atoms with E-state index in [1.807, 2.05) is 0 Å². The van der Waals surface area contributed by atoms with Crippen LogP contribution in [0.1, 0.15) is 26.2 Å². The fraction of sp³-hybridized carbons (Fsp3) is 0.727. The minimum Gasteiger partial charge on any atom is -0.298 e. The Balaban J connectivity index is 2.16. The molecule has 2 rings (SSSR count). The predicted molar refractivity (Wildman–Crippen MR) is 52.5 cm³/mol. The van der Waals surface area contributed by atoms with Crippen LogP contribution in [-0.2, 0) is 4.79 Å². The van der Waals surface area contributed by atoms with E-state index in [1.54, 1.807) is 6.92 Å². The van der Waals surface area contributed by atoms with E-state index in [-0.39, 0.29) is 6.04 Å². The van der Waals surface area contributed by atoms with Gasteiger partial charge in [0, 0.05) is 6.04 Å². The zero-order valence-corrected chi connectivity index (χ0v) is 8.36. The molecule has 13 heavy (non-hydrogen) atoms. The number of Topliss-reactive ketones (excluding diaryl/α,β-unsaturated/α-hetero) is 1. The Kier molecular flexibility index (Phi) is 2.24. The monoisotopic (exact) mass is 179 g/mol. The highest BCUT2D eigenvalue weighted by Gasteiger charge is 2.39. The number of carbonyl (C=O) groups excluding carboxylic acids is 1. The molecule has 0 spiro atoms. The van der Waals surface area contributed by atoms with E-state index >= 15 is 0 Å². The largest absolute Gasteiger partial charge is 0.298 e. The molecule has 1 heterocycles. The lowest BCUT2D eigenvalue weighted by Crippen LogP contribution is -2.36. The molecule has 2 aliphatic rings. The van der Waals surface area contributed by atoms with Crippen molar-refractivity contribution in [1.82, 2.24) is 4.90 Å². The Bertz CT molecular complexity index is 246. The van der Waals surface area contributed by atoms with Crippen molar-refractivity contribution in [3.8, 4) is 0 Å². The maximum Gasteiger partial charge on any atom is 0.146 e. The Morgan fingerprint density at radius 1 is 1.54 bits per heavy atom. The summed E-state index contributed by atoms with van der Waals surface area (Å²) >= 11 is 0. The van der Waals surface area contributed by atoms with E-state index in [9.17, 15) is 4.79 Å². The number of hydrogen-bond acceptors (Lipinski definition) is 2. The Morgan fingerprint density at radius 2 is 2.31 bits per heavy atom. The van der Waals surface area contributed by atoms with Gasteiger partial charge in [-0.1, -0.05) is 12.2 Å². The molecule has 0 N–H and O–H groups in total. The number of ketones is 1. The van der Waals surface area contributed by atoms with Crippen molar-refractivity contribution < 1.29 is 4.79 Å². The third kappa shape index (κ3) is 1.44. The number of nitrogens with zero attached hydrogens (tertiary/aromatic N) is 1. The topological polar surface area (TPSA) is 20.3 Å². The van der Waals surface area contributed by atoms with Crippen LogP contribution in [-0.4, -0.2) is 29.8 Å². The van der Waals surface area contributed by atoms with Gasteiger partial charge in [0.05, 0.1) is 6.04 Å². The van der Waals surface area contributed by atoms with Crippen LogP contribution >= 0.6 is 0 Å². The number of rotatable bonds is 1. The second-order valence-corrected chi connectivity index (χ2v) is 4.28. The highest BCUT2D eigenvalue weighted by molar-refractivity contribution is 5.81. The van der Waals surface area contributed by atoms with E-state index in [0.717, 1.165) is 12.3 Å². The van der Waals surface area contributed by atoms with Crippen molar-refractivity contribution >= 4 is 5.78 Å². The van der Waals surface area contributed by atoms with Crippen LogP contribution in [0.5, 0.6) is 0 Å². The molecule has 3 unspecified atom stereocenters. The van der Waals surface area contributed by atoms with Gasteiger partial charge in [-0.25, -0.2) is 0 Å². The molecule has 0 bridgehead atoms. The fourth-order valence-electron chi connectivity index (χ4n) is 2.71. The average Bonchev–Trinajstić information content (AvgIpc) is 2.45. The minimum atomic E-state index is 0.178. The molecule has 1 aliphatic heterocycles. The molecule has 3 atom stereocenters. The van der Waals surface area contributed by atoms with Gasteiger partial charge < -0.3 is 0 Å². The SMILES string of the molecule is CC(=O)C1CC2CCC=CC2N1C. The van der Waals surface area contributed by atoms with Crippen LogP contribution in [0.2, 0.25) is 0 Å². The van der Waals surface area contributed by atoms with Gasteiger partial charge in [0.1, 0.15) is 5.78 Å². The number of carbonyl (C=O) groups is 1. The van der Waals surface area contributed by atoms with Crippen LogP contribution in [0.25, 0.3) is 0 Å². The standard InChI is InChI=1S/C11H17NO/c1-8(13)11-7-9-5-3-4-6-10(9)12(11)2/h4,6,9-11H,3,5,7H2,1-2H3. The van der Waals surface area contributed by atoms with Crippen LogP contribution < -0.4 is 0 Å². The maximum absolute atomic E-state index is 11.3. The predicted octanol–water partition coefficient (Wildman–Crippen LogP) is 1.61. The van der Waals surface area contributed by atoms with Gasteiger partial charge in [0.15, 0.2) is 0 Å². The molecular formula is C11H17NO. The summed E-state index contributed by atoms with van der Waals surface area (Å²) in [6.45, 7) is 1.71. The normalized spacial score (nSPS) is 39.1. The highest BCUT2D eigenvalue weighted by Crippen LogP contribution is 2.35. The molecule has 2 nitrogen and oxygen atoms in total. The van der Waals surface area contributed by atoms with E-state index in [1.165, 1.54) is 12.8 Å². The van der Waals surface area contributed by atoms with Crippen molar-refractivity contribution in [3.63, 3.8) is 0 Å². The molecular weight excluding hydrogens is 162 g/mol. The van der Waals surface area contributed by atoms with E-state index in [2.05, 4.69) is 24.1 Å². The van der Waals surface area contributed by atoms with Crippen molar-refractivity contribution in [2.45, 2.75) is 38.3 Å². The fourth-order valence-corrected chi connectivity index (χ4v) is 2.71. The van der Waals surface area contributed by atoms with Crippen molar-refractivity contribution in [2.24, 2.45) is 5.92 Å². The molecule has 0 aromatic heterocycles. The first-order valence-corrected chi connectivity index (χ1v) is 5.09. The second kappa shape index (κ2) is 3.26. The van der Waals surface area contributed by atoms with Crippen molar-refractivity contribution in [3.05, 3.63) is 12.2 Å². The van der Waals surface area contributed by atoms with Crippen LogP contribution in [0.15, 0.2) is 12.2 Å². The summed E-state index contributed by atoms with van der Waals surface area (Å²) in [6, 6.07) is 0.709. The molecule has 1 saturated heterocycles. The zero-order valence-electron chi connectivity index (χ0n) is 8.36. The third-order valence-corrected chi connectivity index (χ3v) is 3.48. The lowest BCUT2D eigenvalue weighted by molar-refractivity contribution is -0.121. The highest BCUT2D eigenvalue weighted by atomic mass is 16.1. The second-order valence-electron chi connectivity index (χ2n) is 4.28. The molecule has 0 aromatic carbocycles. The Labute approximate surface area is 79.6 Å². The molecule has 0 aromatic rings. The molecule has 1 aliphatic carbocycles. The summed E-state index contributed by atoms with van der Waals surface area (Å²) in [6.07, 6.45) is 8.05. The number of hydrogen-bond donors (Lipinski definition) is 0. The summed E-state index contributed by atoms with van der Waals surface area (Å²) in [5, 5.41) is 0. The van der Waals surface area contributed by atoms with Gasteiger partial charge in [-0.2, -0.15) is 0 Å². The van der Waals surface area contributed by atoms with Crippen molar-refractivity contribution in [2.75, 3.05) is 7.05 Å². The summed E-state index contributed by atoms with van der Waals surface area (Å²) in [4.78, 5) is 13.6. The first kappa shape index (κ1) is 8.95.